The third-order valence-electron chi connectivity index (χ3n) is 3.16. The molecule has 0 spiro atoms. The van der Waals surface area contributed by atoms with E-state index in [1.165, 1.54) is 0 Å². The van der Waals surface area contributed by atoms with Crippen LogP contribution in [0.15, 0.2) is 0 Å². The van der Waals surface area contributed by atoms with Crippen molar-refractivity contribution in [2.75, 3.05) is 38.5 Å². The van der Waals surface area contributed by atoms with Gasteiger partial charge in [-0.3, -0.25) is 4.90 Å². The van der Waals surface area contributed by atoms with Gasteiger partial charge in [0.05, 0.1) is 18.4 Å². The summed E-state index contributed by atoms with van der Waals surface area (Å²) in [4.78, 5) is 1.99. The van der Waals surface area contributed by atoms with Gasteiger partial charge in [-0.05, 0) is 18.8 Å². The molecule has 0 aromatic rings. The highest BCUT2D eigenvalue weighted by atomic mass is 32.2. The first-order valence-corrected chi connectivity index (χ1v) is 7.30. The third-order valence-corrected chi connectivity index (χ3v) is 5.21. The number of nitriles is 1. The van der Waals surface area contributed by atoms with E-state index in [1.54, 1.807) is 4.31 Å². The standard InChI is InChI=1S/C10H17N3O2S/c11-3-4-12-5-7-13(8-6-12)16(14,15)9-10-1-2-10/h10H,1-2,4-9H2. The highest BCUT2D eigenvalue weighted by molar-refractivity contribution is 7.89. The third kappa shape index (κ3) is 2.94. The minimum Gasteiger partial charge on any atom is -0.288 e. The lowest BCUT2D eigenvalue weighted by molar-refractivity contribution is 0.206. The SMILES string of the molecule is N#CCN1CCN(S(=O)(=O)CC2CC2)CC1. The molecule has 0 bridgehead atoms. The Hall–Kier alpha value is -0.640. The largest absolute Gasteiger partial charge is 0.288 e. The first-order valence-electron chi connectivity index (χ1n) is 5.69. The van der Waals surface area contributed by atoms with Crippen molar-refractivity contribution in [3.63, 3.8) is 0 Å². The monoisotopic (exact) mass is 243 g/mol. The predicted octanol–water partition coefficient (Wildman–Crippen LogP) is -0.133. The van der Waals surface area contributed by atoms with Gasteiger partial charge in [0.15, 0.2) is 0 Å². The molecule has 1 aliphatic carbocycles. The van der Waals surface area contributed by atoms with E-state index in [2.05, 4.69) is 6.07 Å². The number of nitrogens with zero attached hydrogens (tertiary/aromatic N) is 3. The fraction of sp³-hybridized carbons (Fsp3) is 0.900. The average Bonchev–Trinajstić information content (AvgIpc) is 3.02. The van der Waals surface area contributed by atoms with Crippen LogP contribution in [-0.2, 0) is 10.0 Å². The topological polar surface area (TPSA) is 64.4 Å². The van der Waals surface area contributed by atoms with Crippen molar-refractivity contribution < 1.29 is 8.42 Å². The van der Waals surface area contributed by atoms with Gasteiger partial charge in [-0.25, -0.2) is 8.42 Å². The molecular weight excluding hydrogens is 226 g/mol. The van der Waals surface area contributed by atoms with E-state index in [0.29, 0.717) is 44.4 Å². The van der Waals surface area contributed by atoms with E-state index in [9.17, 15) is 8.42 Å². The number of hydrogen-bond donors (Lipinski definition) is 0. The first-order chi connectivity index (χ1) is 7.62. The molecule has 0 aromatic heterocycles. The molecule has 0 atom stereocenters. The molecule has 2 fully saturated rings. The molecule has 1 saturated heterocycles. The molecule has 0 amide bonds. The molecule has 2 rings (SSSR count). The fourth-order valence-corrected chi connectivity index (χ4v) is 3.81. The van der Waals surface area contributed by atoms with Crippen molar-refractivity contribution >= 4 is 10.0 Å². The van der Waals surface area contributed by atoms with Crippen LogP contribution in [0.2, 0.25) is 0 Å². The molecular formula is C10H17N3O2S. The van der Waals surface area contributed by atoms with E-state index in [-0.39, 0.29) is 0 Å². The summed E-state index contributed by atoms with van der Waals surface area (Å²) in [6.45, 7) is 2.83. The fourth-order valence-electron chi connectivity index (χ4n) is 1.95. The minimum atomic E-state index is -3.03. The maximum absolute atomic E-state index is 11.9. The van der Waals surface area contributed by atoms with Crippen LogP contribution in [0.5, 0.6) is 0 Å². The second-order valence-corrected chi connectivity index (χ2v) is 6.57. The predicted molar refractivity (Wildman–Crippen MR) is 60.1 cm³/mol. The molecule has 1 aliphatic heterocycles. The van der Waals surface area contributed by atoms with E-state index in [0.717, 1.165) is 12.8 Å². The average molecular weight is 243 g/mol. The summed E-state index contributed by atoms with van der Waals surface area (Å²) < 4.78 is 25.5. The van der Waals surface area contributed by atoms with Gasteiger partial charge in [-0.15, -0.1) is 0 Å². The Balaban J connectivity index is 1.85. The lowest BCUT2D eigenvalue weighted by Crippen LogP contribution is -2.49. The quantitative estimate of drug-likeness (QED) is 0.645. The summed E-state index contributed by atoms with van der Waals surface area (Å²) in [6.07, 6.45) is 2.13. The molecule has 16 heavy (non-hydrogen) atoms. The molecule has 0 N–H and O–H groups in total. The summed E-state index contributed by atoms with van der Waals surface area (Å²) in [5.41, 5.74) is 0. The first kappa shape index (κ1) is 11.8. The zero-order valence-corrected chi connectivity index (χ0v) is 10.1. The molecule has 5 nitrogen and oxygen atoms in total. The lowest BCUT2D eigenvalue weighted by Gasteiger charge is -2.32. The summed E-state index contributed by atoms with van der Waals surface area (Å²) in [5.74, 6) is 0.729. The summed E-state index contributed by atoms with van der Waals surface area (Å²) in [5, 5.41) is 8.55. The highest BCUT2D eigenvalue weighted by Crippen LogP contribution is 2.31. The van der Waals surface area contributed by atoms with Crippen LogP contribution in [0.3, 0.4) is 0 Å². The maximum atomic E-state index is 11.9. The summed E-state index contributed by atoms with van der Waals surface area (Å²) in [6, 6.07) is 2.09. The van der Waals surface area contributed by atoms with Crippen molar-refractivity contribution in [3.8, 4) is 6.07 Å². The van der Waals surface area contributed by atoms with Gasteiger partial charge >= 0.3 is 0 Å². The Bertz CT molecular complexity index is 375. The molecule has 1 saturated carbocycles. The van der Waals surface area contributed by atoms with Crippen LogP contribution in [0.1, 0.15) is 12.8 Å². The lowest BCUT2D eigenvalue weighted by atomic mass is 10.4. The van der Waals surface area contributed by atoms with E-state index >= 15 is 0 Å². The summed E-state index contributed by atoms with van der Waals surface area (Å²) in [7, 11) is -3.03. The molecule has 2 aliphatic rings. The van der Waals surface area contributed by atoms with E-state index in [4.69, 9.17) is 5.26 Å². The van der Waals surface area contributed by atoms with E-state index in [1.807, 2.05) is 4.90 Å². The Labute approximate surface area is 96.7 Å². The second-order valence-electron chi connectivity index (χ2n) is 4.56. The molecule has 0 unspecified atom stereocenters. The van der Waals surface area contributed by atoms with Crippen LogP contribution in [0.4, 0.5) is 0 Å². The Morgan fingerprint density at radius 1 is 1.19 bits per heavy atom. The molecule has 0 radical (unpaired) electrons. The normalized spacial score (nSPS) is 24.2. The van der Waals surface area contributed by atoms with E-state index < -0.39 is 10.0 Å². The van der Waals surface area contributed by atoms with Crippen LogP contribution >= 0.6 is 0 Å². The minimum absolute atomic E-state index is 0.325. The van der Waals surface area contributed by atoms with Gasteiger partial charge in [0.1, 0.15) is 0 Å². The van der Waals surface area contributed by atoms with Crippen LogP contribution in [0, 0.1) is 17.2 Å². The zero-order valence-electron chi connectivity index (χ0n) is 9.30. The van der Waals surface area contributed by atoms with Gasteiger partial charge in [0.2, 0.25) is 10.0 Å². The van der Waals surface area contributed by atoms with Crippen molar-refractivity contribution in [3.05, 3.63) is 0 Å². The number of piperazine rings is 1. The number of rotatable bonds is 4. The van der Waals surface area contributed by atoms with Crippen molar-refractivity contribution in [2.24, 2.45) is 5.92 Å². The van der Waals surface area contributed by atoms with Gasteiger partial charge in [0, 0.05) is 26.2 Å². The Kier molecular flexibility index (Phi) is 3.47. The number of sulfonamides is 1. The highest BCUT2D eigenvalue weighted by Gasteiger charge is 2.33. The van der Waals surface area contributed by atoms with Crippen LogP contribution < -0.4 is 0 Å². The van der Waals surface area contributed by atoms with Gasteiger partial charge < -0.3 is 0 Å². The number of hydrogen-bond acceptors (Lipinski definition) is 4. The van der Waals surface area contributed by atoms with Crippen molar-refractivity contribution in [2.45, 2.75) is 12.8 Å². The van der Waals surface area contributed by atoms with Crippen LogP contribution in [-0.4, -0.2) is 56.1 Å². The Morgan fingerprint density at radius 2 is 1.81 bits per heavy atom. The maximum Gasteiger partial charge on any atom is 0.214 e. The Morgan fingerprint density at radius 3 is 2.31 bits per heavy atom. The van der Waals surface area contributed by atoms with Crippen molar-refractivity contribution in [1.29, 1.82) is 5.26 Å². The molecule has 1 heterocycles. The van der Waals surface area contributed by atoms with Gasteiger partial charge in [-0.2, -0.15) is 9.57 Å². The van der Waals surface area contributed by atoms with Crippen LogP contribution in [0.25, 0.3) is 0 Å². The molecule has 6 heteroatoms. The van der Waals surface area contributed by atoms with Crippen molar-refractivity contribution in [1.82, 2.24) is 9.21 Å². The molecule has 90 valence electrons. The molecule has 0 aromatic carbocycles. The second kappa shape index (κ2) is 4.70. The zero-order chi connectivity index (χ0) is 11.6. The van der Waals surface area contributed by atoms with Gasteiger partial charge in [0.25, 0.3) is 0 Å². The summed E-state index contributed by atoms with van der Waals surface area (Å²) >= 11 is 0. The van der Waals surface area contributed by atoms with Gasteiger partial charge in [-0.1, -0.05) is 0 Å². The smallest absolute Gasteiger partial charge is 0.214 e.